The molecule has 1 aromatic carbocycles. The summed E-state index contributed by atoms with van der Waals surface area (Å²) in [5, 5.41) is 15.1. The number of nitrogens with one attached hydrogen (secondary N) is 2. The minimum atomic E-state index is -1.42. The van der Waals surface area contributed by atoms with Crippen LogP contribution in [0.1, 0.15) is 64.7 Å². The lowest BCUT2D eigenvalue weighted by molar-refractivity contribution is -0.177. The van der Waals surface area contributed by atoms with Crippen molar-refractivity contribution in [2.75, 3.05) is 5.32 Å². The average molecular weight is 521 g/mol. The highest BCUT2D eigenvalue weighted by molar-refractivity contribution is 6.01. The van der Waals surface area contributed by atoms with Crippen molar-refractivity contribution in [2.45, 2.75) is 78.7 Å². The Morgan fingerprint density at radius 2 is 1.73 bits per heavy atom. The summed E-state index contributed by atoms with van der Waals surface area (Å²) in [6.45, 7) is 10.2. The zero-order chi connectivity index (χ0) is 27.9. The van der Waals surface area contributed by atoms with Gasteiger partial charge in [0.15, 0.2) is 17.9 Å². The van der Waals surface area contributed by atoms with Crippen LogP contribution in [0.5, 0.6) is 5.75 Å². The van der Waals surface area contributed by atoms with Crippen molar-refractivity contribution in [3.8, 4) is 5.75 Å². The van der Waals surface area contributed by atoms with Crippen LogP contribution in [0.2, 0.25) is 0 Å². The number of carbonyl (C=O) groups is 5. The van der Waals surface area contributed by atoms with Gasteiger partial charge in [-0.1, -0.05) is 40.2 Å². The van der Waals surface area contributed by atoms with Crippen molar-refractivity contribution in [1.82, 2.24) is 5.32 Å². The molecule has 204 valence electrons. The summed E-state index contributed by atoms with van der Waals surface area (Å²) in [7, 11) is 0. The first-order chi connectivity index (χ1) is 17.4. The van der Waals surface area contributed by atoms with Crippen LogP contribution in [-0.4, -0.2) is 59.7 Å². The van der Waals surface area contributed by atoms with Crippen LogP contribution in [-0.2, 0) is 33.4 Å². The van der Waals surface area contributed by atoms with E-state index in [2.05, 4.69) is 10.6 Å². The Kier molecular flexibility index (Phi) is 10.5. The molecular weight excluding hydrogens is 484 g/mol. The highest BCUT2D eigenvalue weighted by atomic mass is 16.6. The van der Waals surface area contributed by atoms with Crippen LogP contribution in [0.25, 0.3) is 0 Å². The maximum Gasteiger partial charge on any atom is 0.332 e. The number of phenols is 1. The second kappa shape index (κ2) is 13.1. The Hall–Kier alpha value is -3.63. The summed E-state index contributed by atoms with van der Waals surface area (Å²) < 4.78 is 16.8. The van der Waals surface area contributed by atoms with Crippen molar-refractivity contribution in [1.29, 1.82) is 0 Å². The van der Waals surface area contributed by atoms with E-state index in [9.17, 15) is 29.1 Å². The molecule has 0 radical (unpaired) electrons. The minimum absolute atomic E-state index is 0.00408. The van der Waals surface area contributed by atoms with E-state index in [4.69, 9.17) is 14.2 Å². The summed E-state index contributed by atoms with van der Waals surface area (Å²) in [6.07, 6.45) is -1.93. The molecule has 0 spiro atoms. The molecule has 1 aromatic rings. The average Bonchev–Trinajstić information content (AvgIpc) is 2.84. The molecule has 1 saturated heterocycles. The van der Waals surface area contributed by atoms with E-state index in [-0.39, 0.29) is 17.2 Å². The van der Waals surface area contributed by atoms with E-state index < -0.39 is 65.8 Å². The van der Waals surface area contributed by atoms with Gasteiger partial charge in [-0.15, -0.1) is 0 Å². The number of anilines is 1. The zero-order valence-electron chi connectivity index (χ0n) is 22.0. The van der Waals surface area contributed by atoms with E-state index in [1.165, 1.54) is 32.0 Å². The number of hydrogen-bond donors (Lipinski definition) is 3. The fourth-order valence-electron chi connectivity index (χ4n) is 3.86. The first-order valence-electron chi connectivity index (χ1n) is 12.3. The number of benzene rings is 1. The SMILES string of the molecule is CC(C)CCC1C(=O)OC(C)C(NC(=O)c2cccc(NC=O)c2O)C(=O)OC(C)C1OC(=O)C(C)C. The van der Waals surface area contributed by atoms with Crippen LogP contribution in [0, 0.1) is 17.8 Å². The van der Waals surface area contributed by atoms with Gasteiger partial charge in [-0.05, 0) is 38.3 Å². The molecule has 5 unspecified atom stereocenters. The number of hydrogen-bond acceptors (Lipinski definition) is 9. The summed E-state index contributed by atoms with van der Waals surface area (Å²) in [6, 6.07) is 2.69. The topological polar surface area (TPSA) is 157 Å². The third-order valence-electron chi connectivity index (χ3n) is 6.05. The number of aromatic hydroxyl groups is 1. The highest BCUT2D eigenvalue weighted by Gasteiger charge is 2.44. The van der Waals surface area contributed by atoms with Crippen molar-refractivity contribution >= 4 is 35.9 Å². The molecule has 11 nitrogen and oxygen atoms in total. The summed E-state index contributed by atoms with van der Waals surface area (Å²) >= 11 is 0. The monoisotopic (exact) mass is 520 g/mol. The van der Waals surface area contributed by atoms with Gasteiger partial charge in [-0.3, -0.25) is 19.2 Å². The Balaban J connectivity index is 2.37. The normalized spacial score (nSPS) is 24.3. The quantitative estimate of drug-likeness (QED) is 0.193. The van der Waals surface area contributed by atoms with Crippen LogP contribution < -0.4 is 10.6 Å². The molecular formula is C26H36N2O9. The maximum atomic E-state index is 13.3. The van der Waals surface area contributed by atoms with Crippen molar-refractivity contribution in [3.63, 3.8) is 0 Å². The fraction of sp³-hybridized carbons (Fsp3) is 0.577. The van der Waals surface area contributed by atoms with E-state index in [0.717, 1.165) is 0 Å². The van der Waals surface area contributed by atoms with E-state index >= 15 is 0 Å². The number of esters is 3. The first-order valence-corrected chi connectivity index (χ1v) is 12.3. The van der Waals surface area contributed by atoms with Gasteiger partial charge in [0, 0.05) is 0 Å². The number of ether oxygens (including phenoxy) is 3. The molecule has 1 heterocycles. The molecule has 11 heteroatoms. The maximum absolute atomic E-state index is 13.3. The number of phenolic OH excluding ortho intramolecular Hbond substituents is 1. The number of para-hydroxylation sites is 1. The zero-order valence-corrected chi connectivity index (χ0v) is 22.0. The van der Waals surface area contributed by atoms with E-state index in [1.807, 2.05) is 13.8 Å². The lowest BCUT2D eigenvalue weighted by Gasteiger charge is -2.30. The number of carbonyl (C=O) groups excluding carboxylic acids is 5. The molecule has 1 aliphatic rings. The second-order valence-corrected chi connectivity index (χ2v) is 9.83. The predicted molar refractivity (Wildman–Crippen MR) is 132 cm³/mol. The Morgan fingerprint density at radius 3 is 2.32 bits per heavy atom. The summed E-state index contributed by atoms with van der Waals surface area (Å²) in [4.78, 5) is 62.5. The van der Waals surface area contributed by atoms with Gasteiger partial charge in [0.05, 0.1) is 23.1 Å². The molecule has 0 aromatic heterocycles. The van der Waals surface area contributed by atoms with Crippen LogP contribution in [0.3, 0.4) is 0 Å². The molecule has 1 aliphatic heterocycles. The third-order valence-corrected chi connectivity index (χ3v) is 6.05. The van der Waals surface area contributed by atoms with Crippen molar-refractivity contribution < 1.29 is 43.3 Å². The van der Waals surface area contributed by atoms with E-state index in [1.54, 1.807) is 13.8 Å². The van der Waals surface area contributed by atoms with Crippen LogP contribution in [0.15, 0.2) is 18.2 Å². The molecule has 1 fully saturated rings. The van der Waals surface area contributed by atoms with Gasteiger partial charge in [0.2, 0.25) is 6.41 Å². The van der Waals surface area contributed by atoms with Gasteiger partial charge >= 0.3 is 17.9 Å². The standard InChI is InChI=1S/C26H36N2O9/c1-13(2)10-11-18-22(37-24(32)14(3)4)16(6)36-26(34)20(15(5)35-25(18)33)28-23(31)17-8-7-9-19(21(17)30)27-12-29/h7-9,12-16,18,20,22,30H,10-11H2,1-6H3,(H,27,29)(H,28,31). The molecule has 2 rings (SSSR count). The molecule has 0 aliphatic carbocycles. The Morgan fingerprint density at radius 1 is 1.08 bits per heavy atom. The summed E-state index contributed by atoms with van der Waals surface area (Å²) in [5.74, 6) is -4.61. The van der Waals surface area contributed by atoms with Gasteiger partial charge in [-0.25, -0.2) is 4.79 Å². The molecule has 2 amide bonds. The van der Waals surface area contributed by atoms with Gasteiger partial charge < -0.3 is 30.0 Å². The highest BCUT2D eigenvalue weighted by Crippen LogP contribution is 2.29. The number of cyclic esters (lactones) is 2. The van der Waals surface area contributed by atoms with Crippen molar-refractivity contribution in [2.24, 2.45) is 17.8 Å². The van der Waals surface area contributed by atoms with Gasteiger partial charge in [0.1, 0.15) is 12.2 Å². The van der Waals surface area contributed by atoms with Gasteiger partial charge in [0.25, 0.3) is 5.91 Å². The van der Waals surface area contributed by atoms with E-state index in [0.29, 0.717) is 19.3 Å². The fourth-order valence-corrected chi connectivity index (χ4v) is 3.86. The lowest BCUT2D eigenvalue weighted by Crippen LogP contribution is -2.50. The Bertz CT molecular complexity index is 1010. The Labute approximate surface area is 216 Å². The molecule has 0 bridgehead atoms. The summed E-state index contributed by atoms with van der Waals surface area (Å²) in [5.41, 5.74) is -0.222. The predicted octanol–water partition coefficient (Wildman–Crippen LogP) is 2.56. The smallest absolute Gasteiger partial charge is 0.332 e. The minimum Gasteiger partial charge on any atom is -0.505 e. The van der Waals surface area contributed by atoms with Gasteiger partial charge in [-0.2, -0.15) is 0 Å². The number of rotatable bonds is 9. The lowest BCUT2D eigenvalue weighted by atomic mass is 9.90. The molecule has 5 atom stereocenters. The second-order valence-electron chi connectivity index (χ2n) is 9.83. The number of amides is 2. The third kappa shape index (κ3) is 7.68. The first kappa shape index (κ1) is 29.6. The van der Waals surface area contributed by atoms with Crippen molar-refractivity contribution in [3.05, 3.63) is 23.8 Å². The molecule has 3 N–H and O–H groups in total. The molecule has 0 saturated carbocycles. The molecule has 37 heavy (non-hydrogen) atoms. The van der Waals surface area contributed by atoms with Crippen LogP contribution >= 0.6 is 0 Å². The van der Waals surface area contributed by atoms with Crippen LogP contribution in [0.4, 0.5) is 5.69 Å². The largest absolute Gasteiger partial charge is 0.505 e.